The molecule has 0 fully saturated rings. The standard InChI is InChI=1S/C15H11FN2O4/c16-11-5-1-4-10-13(11)15(21)18(14(10)20)8-12(19)17-7-9-3-2-6-22-9/h1-6H,7-8H2,(H,17,19). The molecule has 0 unspecified atom stereocenters. The number of imide groups is 1. The molecular formula is C15H11FN2O4. The minimum atomic E-state index is -0.800. The molecule has 2 heterocycles. The lowest BCUT2D eigenvalue weighted by Crippen LogP contribution is -2.40. The van der Waals surface area contributed by atoms with E-state index in [9.17, 15) is 18.8 Å². The lowest BCUT2D eigenvalue weighted by atomic mass is 10.1. The van der Waals surface area contributed by atoms with Crippen LogP contribution in [-0.2, 0) is 11.3 Å². The Labute approximate surface area is 124 Å². The van der Waals surface area contributed by atoms with Crippen LogP contribution < -0.4 is 5.32 Å². The van der Waals surface area contributed by atoms with E-state index in [4.69, 9.17) is 4.42 Å². The largest absolute Gasteiger partial charge is 0.467 e. The van der Waals surface area contributed by atoms with Gasteiger partial charge in [-0.2, -0.15) is 0 Å². The molecule has 1 N–H and O–H groups in total. The minimum absolute atomic E-state index is 0.0242. The van der Waals surface area contributed by atoms with Crippen LogP contribution in [0.5, 0.6) is 0 Å². The van der Waals surface area contributed by atoms with Crippen LogP contribution in [0.15, 0.2) is 41.0 Å². The Morgan fingerprint density at radius 2 is 2.00 bits per heavy atom. The van der Waals surface area contributed by atoms with Crippen molar-refractivity contribution in [1.29, 1.82) is 0 Å². The summed E-state index contributed by atoms with van der Waals surface area (Å²) in [6.07, 6.45) is 1.47. The third-order valence-corrected chi connectivity index (χ3v) is 3.29. The first-order valence-electron chi connectivity index (χ1n) is 6.51. The molecule has 0 radical (unpaired) electrons. The Morgan fingerprint density at radius 1 is 1.18 bits per heavy atom. The van der Waals surface area contributed by atoms with Crippen molar-refractivity contribution in [2.75, 3.05) is 6.54 Å². The lowest BCUT2D eigenvalue weighted by molar-refractivity contribution is -0.121. The van der Waals surface area contributed by atoms with E-state index in [1.54, 1.807) is 12.1 Å². The summed E-state index contributed by atoms with van der Waals surface area (Å²) in [6, 6.07) is 7.16. The van der Waals surface area contributed by atoms with Gasteiger partial charge in [-0.25, -0.2) is 4.39 Å². The first kappa shape index (κ1) is 14.0. The highest BCUT2D eigenvalue weighted by Gasteiger charge is 2.38. The minimum Gasteiger partial charge on any atom is -0.467 e. The molecule has 0 aliphatic carbocycles. The summed E-state index contributed by atoms with van der Waals surface area (Å²) in [4.78, 5) is 36.7. The maximum absolute atomic E-state index is 13.6. The van der Waals surface area contributed by atoms with E-state index in [1.165, 1.54) is 18.4 Å². The number of fused-ring (bicyclic) bond motifs is 1. The summed E-state index contributed by atoms with van der Waals surface area (Å²) < 4.78 is 18.7. The second-order valence-corrected chi connectivity index (χ2v) is 4.71. The smallest absolute Gasteiger partial charge is 0.265 e. The molecule has 0 saturated carbocycles. The van der Waals surface area contributed by atoms with Crippen molar-refractivity contribution >= 4 is 17.7 Å². The topological polar surface area (TPSA) is 79.6 Å². The quantitative estimate of drug-likeness (QED) is 0.864. The number of carbonyl (C=O) groups excluding carboxylic acids is 3. The van der Waals surface area contributed by atoms with Gasteiger partial charge in [0.25, 0.3) is 11.8 Å². The summed E-state index contributed by atoms with van der Waals surface area (Å²) >= 11 is 0. The van der Waals surface area contributed by atoms with Gasteiger partial charge in [-0.3, -0.25) is 19.3 Å². The number of rotatable bonds is 4. The molecule has 112 valence electrons. The molecule has 0 saturated heterocycles. The zero-order valence-corrected chi connectivity index (χ0v) is 11.3. The maximum Gasteiger partial charge on any atom is 0.265 e. The Balaban J connectivity index is 1.69. The third kappa shape index (κ3) is 2.37. The van der Waals surface area contributed by atoms with Gasteiger partial charge < -0.3 is 9.73 Å². The molecule has 3 rings (SSSR count). The predicted octanol–water partition coefficient (Wildman–Crippen LogP) is 1.33. The van der Waals surface area contributed by atoms with Crippen molar-refractivity contribution < 1.29 is 23.2 Å². The predicted molar refractivity (Wildman–Crippen MR) is 72.3 cm³/mol. The number of hydrogen-bond donors (Lipinski definition) is 1. The Kier molecular flexibility index (Phi) is 3.46. The van der Waals surface area contributed by atoms with E-state index in [0.29, 0.717) is 5.76 Å². The van der Waals surface area contributed by atoms with E-state index in [2.05, 4.69) is 5.32 Å². The molecule has 2 aromatic rings. The van der Waals surface area contributed by atoms with Gasteiger partial charge in [-0.1, -0.05) is 6.07 Å². The van der Waals surface area contributed by atoms with Crippen molar-refractivity contribution in [2.24, 2.45) is 0 Å². The molecule has 1 aromatic carbocycles. The average molecular weight is 302 g/mol. The Hall–Kier alpha value is -2.96. The number of amides is 3. The van der Waals surface area contributed by atoms with Crippen molar-refractivity contribution in [3.05, 3.63) is 59.3 Å². The lowest BCUT2D eigenvalue weighted by Gasteiger charge is -2.13. The van der Waals surface area contributed by atoms with Gasteiger partial charge in [0, 0.05) is 0 Å². The second-order valence-electron chi connectivity index (χ2n) is 4.71. The van der Waals surface area contributed by atoms with Gasteiger partial charge in [0.05, 0.1) is 23.9 Å². The zero-order chi connectivity index (χ0) is 15.7. The van der Waals surface area contributed by atoms with E-state index >= 15 is 0 Å². The van der Waals surface area contributed by atoms with E-state index in [0.717, 1.165) is 11.0 Å². The highest BCUT2D eigenvalue weighted by atomic mass is 19.1. The average Bonchev–Trinajstić information content (AvgIpc) is 3.09. The van der Waals surface area contributed by atoms with E-state index in [1.807, 2.05) is 0 Å². The fourth-order valence-corrected chi connectivity index (χ4v) is 2.23. The van der Waals surface area contributed by atoms with Gasteiger partial charge in [0.15, 0.2) is 0 Å². The Morgan fingerprint density at radius 3 is 2.68 bits per heavy atom. The third-order valence-electron chi connectivity index (χ3n) is 3.29. The van der Waals surface area contributed by atoms with Crippen LogP contribution in [0.1, 0.15) is 26.5 Å². The first-order chi connectivity index (χ1) is 10.6. The number of benzene rings is 1. The van der Waals surface area contributed by atoms with Crippen LogP contribution in [0.2, 0.25) is 0 Å². The normalized spacial score (nSPS) is 13.4. The molecule has 0 atom stereocenters. The number of carbonyl (C=O) groups is 3. The summed E-state index contributed by atoms with van der Waals surface area (Å²) in [5, 5.41) is 2.52. The fourth-order valence-electron chi connectivity index (χ4n) is 2.23. The van der Waals surface area contributed by atoms with Crippen LogP contribution in [0.3, 0.4) is 0 Å². The first-order valence-corrected chi connectivity index (χ1v) is 6.51. The zero-order valence-electron chi connectivity index (χ0n) is 11.3. The number of nitrogens with zero attached hydrogens (tertiary/aromatic N) is 1. The van der Waals surface area contributed by atoms with Crippen molar-refractivity contribution in [3.8, 4) is 0 Å². The summed E-state index contributed by atoms with van der Waals surface area (Å²) in [7, 11) is 0. The van der Waals surface area contributed by atoms with E-state index < -0.39 is 30.1 Å². The van der Waals surface area contributed by atoms with Crippen LogP contribution in [0, 0.1) is 5.82 Å². The highest BCUT2D eigenvalue weighted by molar-refractivity contribution is 6.22. The SMILES string of the molecule is O=C(CN1C(=O)c2cccc(F)c2C1=O)NCc1ccco1. The molecule has 7 heteroatoms. The van der Waals surface area contributed by atoms with Crippen LogP contribution >= 0.6 is 0 Å². The summed E-state index contributed by atoms with van der Waals surface area (Å²) in [5.41, 5.74) is -0.310. The van der Waals surface area contributed by atoms with Crippen LogP contribution in [0.4, 0.5) is 4.39 Å². The van der Waals surface area contributed by atoms with Crippen LogP contribution in [-0.4, -0.2) is 29.2 Å². The highest BCUT2D eigenvalue weighted by Crippen LogP contribution is 2.24. The van der Waals surface area contributed by atoms with Gasteiger partial charge in [0.2, 0.25) is 5.91 Å². The molecule has 1 aliphatic heterocycles. The van der Waals surface area contributed by atoms with Gasteiger partial charge in [-0.05, 0) is 24.3 Å². The second kappa shape index (κ2) is 5.44. The Bertz CT molecular complexity index is 755. The molecule has 1 aliphatic rings. The van der Waals surface area contributed by atoms with Crippen LogP contribution in [0.25, 0.3) is 0 Å². The number of furan rings is 1. The molecule has 0 spiro atoms. The number of hydrogen-bond acceptors (Lipinski definition) is 4. The van der Waals surface area contributed by atoms with Crippen molar-refractivity contribution in [1.82, 2.24) is 10.2 Å². The summed E-state index contributed by atoms with van der Waals surface area (Å²) in [5.74, 6) is -2.23. The molecule has 6 nitrogen and oxygen atoms in total. The van der Waals surface area contributed by atoms with E-state index in [-0.39, 0.29) is 17.7 Å². The summed E-state index contributed by atoms with van der Waals surface area (Å²) in [6.45, 7) is -0.324. The number of halogens is 1. The van der Waals surface area contributed by atoms with Crippen molar-refractivity contribution in [2.45, 2.75) is 6.54 Å². The maximum atomic E-state index is 13.6. The van der Waals surface area contributed by atoms with Gasteiger partial charge in [-0.15, -0.1) is 0 Å². The number of nitrogens with one attached hydrogen (secondary N) is 1. The fraction of sp³-hybridized carbons (Fsp3) is 0.133. The van der Waals surface area contributed by atoms with Gasteiger partial charge in [0.1, 0.15) is 18.1 Å². The molecule has 3 amide bonds. The van der Waals surface area contributed by atoms with Gasteiger partial charge >= 0.3 is 0 Å². The van der Waals surface area contributed by atoms with Crippen molar-refractivity contribution in [3.63, 3.8) is 0 Å². The molecular weight excluding hydrogens is 291 g/mol. The monoisotopic (exact) mass is 302 g/mol. The molecule has 0 bridgehead atoms. The molecule has 1 aromatic heterocycles. The molecule has 22 heavy (non-hydrogen) atoms.